The summed E-state index contributed by atoms with van der Waals surface area (Å²) in [5.74, 6) is 0.549. The number of aromatic nitrogens is 2. The highest BCUT2D eigenvalue weighted by atomic mass is 35.5. The van der Waals surface area contributed by atoms with Gasteiger partial charge in [0.2, 0.25) is 0 Å². The first-order valence-corrected chi connectivity index (χ1v) is 6.70. The van der Waals surface area contributed by atoms with Crippen LogP contribution in [0.1, 0.15) is 38.1 Å². The van der Waals surface area contributed by atoms with Gasteiger partial charge in [-0.15, -0.1) is 5.10 Å². The molecule has 0 aromatic carbocycles. The lowest BCUT2D eigenvalue weighted by Crippen LogP contribution is -2.13. The number of nitrogens with zero attached hydrogens (tertiary/aromatic N) is 2. The highest BCUT2D eigenvalue weighted by Gasteiger charge is 2.25. The molecule has 2 fully saturated rings. The molecule has 2 aliphatic rings. The zero-order valence-electron chi connectivity index (χ0n) is 9.77. The van der Waals surface area contributed by atoms with E-state index in [2.05, 4.69) is 5.10 Å². The molecule has 1 aliphatic carbocycles. The van der Waals surface area contributed by atoms with Crippen molar-refractivity contribution in [1.29, 1.82) is 0 Å². The Morgan fingerprint density at radius 2 is 2.18 bits per heavy atom. The number of hydrogen-bond acceptors (Lipinski definition) is 3. The van der Waals surface area contributed by atoms with Gasteiger partial charge in [0.05, 0.1) is 12.6 Å². The maximum Gasteiger partial charge on any atom is 0.251 e. The number of hydrogen-bond donors (Lipinski definition) is 0. The summed E-state index contributed by atoms with van der Waals surface area (Å²) in [5.41, 5.74) is 0. The molecule has 1 aromatic rings. The van der Waals surface area contributed by atoms with E-state index in [0.717, 1.165) is 6.61 Å². The standard InChI is InChI=1S/C12H17ClN2O2/c13-11-6-15(9-4-2-1-3-5-9)14-12(11)17-8-10-7-16-10/h6,9-10H,1-5,7-8H2. The van der Waals surface area contributed by atoms with E-state index in [1.165, 1.54) is 32.1 Å². The predicted octanol–water partition coefficient (Wildman–Crippen LogP) is 2.82. The highest BCUT2D eigenvalue weighted by molar-refractivity contribution is 6.31. The van der Waals surface area contributed by atoms with E-state index in [1.807, 2.05) is 10.9 Å². The molecule has 1 aliphatic heterocycles. The Labute approximate surface area is 106 Å². The van der Waals surface area contributed by atoms with Crippen molar-refractivity contribution < 1.29 is 9.47 Å². The fourth-order valence-corrected chi connectivity index (χ4v) is 2.51. The smallest absolute Gasteiger partial charge is 0.251 e. The molecule has 5 heteroatoms. The van der Waals surface area contributed by atoms with E-state index in [9.17, 15) is 0 Å². The first-order valence-electron chi connectivity index (χ1n) is 6.32. The van der Waals surface area contributed by atoms with Crippen LogP contribution in [0.3, 0.4) is 0 Å². The van der Waals surface area contributed by atoms with Crippen LogP contribution in [0, 0.1) is 0 Å². The Morgan fingerprint density at radius 3 is 2.88 bits per heavy atom. The first kappa shape index (κ1) is 11.4. The molecular weight excluding hydrogens is 240 g/mol. The third kappa shape index (κ3) is 2.75. The summed E-state index contributed by atoms with van der Waals surface area (Å²) in [6, 6.07) is 0.496. The van der Waals surface area contributed by atoms with E-state index < -0.39 is 0 Å². The second-order valence-electron chi connectivity index (χ2n) is 4.82. The quantitative estimate of drug-likeness (QED) is 0.778. The van der Waals surface area contributed by atoms with Crippen LogP contribution in [0.4, 0.5) is 0 Å². The predicted molar refractivity (Wildman–Crippen MR) is 64.6 cm³/mol. The Balaban J connectivity index is 1.65. The van der Waals surface area contributed by atoms with Crippen molar-refractivity contribution in [3.05, 3.63) is 11.2 Å². The molecule has 0 N–H and O–H groups in total. The van der Waals surface area contributed by atoms with Gasteiger partial charge in [0.15, 0.2) is 0 Å². The molecule has 1 atom stereocenters. The summed E-state index contributed by atoms with van der Waals surface area (Å²) >= 11 is 6.12. The molecule has 0 spiro atoms. The second kappa shape index (κ2) is 4.86. The molecule has 4 nitrogen and oxygen atoms in total. The van der Waals surface area contributed by atoms with Gasteiger partial charge in [0.1, 0.15) is 17.7 Å². The third-order valence-electron chi connectivity index (χ3n) is 3.41. The molecule has 1 aromatic heterocycles. The minimum atomic E-state index is 0.242. The molecule has 1 saturated carbocycles. The molecule has 17 heavy (non-hydrogen) atoms. The van der Waals surface area contributed by atoms with Crippen molar-refractivity contribution in [2.45, 2.75) is 44.2 Å². The zero-order chi connectivity index (χ0) is 11.7. The number of ether oxygens (including phenoxy) is 2. The topological polar surface area (TPSA) is 39.6 Å². The highest BCUT2D eigenvalue weighted by Crippen LogP contribution is 2.31. The van der Waals surface area contributed by atoms with Crippen molar-refractivity contribution in [1.82, 2.24) is 9.78 Å². The van der Waals surface area contributed by atoms with Gasteiger partial charge in [-0.2, -0.15) is 0 Å². The maximum atomic E-state index is 6.12. The Morgan fingerprint density at radius 1 is 1.41 bits per heavy atom. The van der Waals surface area contributed by atoms with E-state index >= 15 is 0 Å². The average molecular weight is 257 g/mol. The van der Waals surface area contributed by atoms with Crippen LogP contribution >= 0.6 is 11.6 Å². The Kier molecular flexibility index (Phi) is 3.25. The normalized spacial score (nSPS) is 24.9. The molecular formula is C12H17ClN2O2. The molecule has 0 radical (unpaired) electrons. The third-order valence-corrected chi connectivity index (χ3v) is 3.67. The fourth-order valence-electron chi connectivity index (χ4n) is 2.32. The summed E-state index contributed by atoms with van der Waals surface area (Å²) in [7, 11) is 0. The lowest BCUT2D eigenvalue weighted by molar-refractivity contribution is 0.247. The van der Waals surface area contributed by atoms with Gasteiger partial charge in [-0.05, 0) is 12.8 Å². The van der Waals surface area contributed by atoms with Gasteiger partial charge in [0.25, 0.3) is 5.88 Å². The van der Waals surface area contributed by atoms with Crippen molar-refractivity contribution in [3.63, 3.8) is 0 Å². The summed E-state index contributed by atoms with van der Waals surface area (Å²) < 4.78 is 12.6. The average Bonchev–Trinajstić information content (AvgIpc) is 3.12. The summed E-state index contributed by atoms with van der Waals surface area (Å²) in [6.07, 6.45) is 8.44. The molecule has 3 rings (SSSR count). The van der Waals surface area contributed by atoms with Gasteiger partial charge >= 0.3 is 0 Å². The van der Waals surface area contributed by atoms with E-state index in [4.69, 9.17) is 21.1 Å². The van der Waals surface area contributed by atoms with Crippen molar-refractivity contribution in [2.75, 3.05) is 13.2 Å². The minimum Gasteiger partial charge on any atom is -0.473 e. The second-order valence-corrected chi connectivity index (χ2v) is 5.23. The SMILES string of the molecule is Clc1cn(C2CCCCC2)nc1OCC1CO1. The van der Waals surface area contributed by atoms with Gasteiger partial charge in [-0.3, -0.25) is 4.68 Å². The van der Waals surface area contributed by atoms with Crippen LogP contribution < -0.4 is 4.74 Å². The number of halogens is 1. The van der Waals surface area contributed by atoms with Crippen LogP contribution in [0.5, 0.6) is 5.88 Å². The lowest BCUT2D eigenvalue weighted by atomic mass is 9.96. The Bertz CT molecular complexity index is 384. The van der Waals surface area contributed by atoms with Crippen molar-refractivity contribution in [2.24, 2.45) is 0 Å². The molecule has 2 heterocycles. The van der Waals surface area contributed by atoms with Crippen molar-refractivity contribution in [3.8, 4) is 5.88 Å². The van der Waals surface area contributed by atoms with Crippen LogP contribution in [0.25, 0.3) is 0 Å². The number of epoxide rings is 1. The first-order chi connectivity index (χ1) is 8.33. The molecule has 0 amide bonds. The largest absolute Gasteiger partial charge is 0.473 e. The van der Waals surface area contributed by atoms with E-state index in [0.29, 0.717) is 23.6 Å². The van der Waals surface area contributed by atoms with Crippen LogP contribution in [0.15, 0.2) is 6.20 Å². The maximum absolute atomic E-state index is 6.12. The fraction of sp³-hybridized carbons (Fsp3) is 0.750. The Hall–Kier alpha value is -0.740. The van der Waals surface area contributed by atoms with Gasteiger partial charge in [-0.1, -0.05) is 30.9 Å². The van der Waals surface area contributed by atoms with E-state index in [1.54, 1.807) is 0 Å². The summed E-state index contributed by atoms with van der Waals surface area (Å²) in [6.45, 7) is 1.35. The van der Waals surface area contributed by atoms with Crippen LogP contribution in [-0.4, -0.2) is 29.1 Å². The van der Waals surface area contributed by atoms with Crippen molar-refractivity contribution >= 4 is 11.6 Å². The van der Waals surface area contributed by atoms with E-state index in [-0.39, 0.29) is 6.10 Å². The molecule has 0 bridgehead atoms. The zero-order valence-corrected chi connectivity index (χ0v) is 10.5. The molecule has 94 valence electrons. The van der Waals surface area contributed by atoms with Crippen LogP contribution in [0.2, 0.25) is 5.02 Å². The summed E-state index contributed by atoms with van der Waals surface area (Å²) in [5, 5.41) is 5.05. The summed E-state index contributed by atoms with van der Waals surface area (Å²) in [4.78, 5) is 0. The van der Waals surface area contributed by atoms with Crippen LogP contribution in [-0.2, 0) is 4.74 Å². The number of rotatable bonds is 4. The monoisotopic (exact) mass is 256 g/mol. The molecule has 1 saturated heterocycles. The van der Waals surface area contributed by atoms with Gasteiger partial charge < -0.3 is 9.47 Å². The lowest BCUT2D eigenvalue weighted by Gasteiger charge is -2.21. The van der Waals surface area contributed by atoms with Gasteiger partial charge in [-0.25, -0.2) is 0 Å². The van der Waals surface area contributed by atoms with Gasteiger partial charge in [0, 0.05) is 6.20 Å². The minimum absolute atomic E-state index is 0.242. The molecule has 1 unspecified atom stereocenters.